The van der Waals surface area contributed by atoms with Gasteiger partial charge in [0.15, 0.2) is 0 Å². The van der Waals surface area contributed by atoms with Crippen LogP contribution in [0, 0.1) is 6.92 Å². The molecule has 0 radical (unpaired) electrons. The Kier molecular flexibility index (Phi) is 12.3. The molecule has 0 saturated heterocycles. The molecular weight excluding hydrogens is 360 g/mol. The standard InChI is InChI=1S/C27H38.C3H8/c1-12-21(10)22(11)26(19(7)8)27(25(17(3)4)18(5)6)24-15-14-20(9)16-23(24)13-2;1-3-2/h12,14-16,27H,3,7,13H2,1-2,4-6,8-11H3;3H2,1-2H3/b21-12-,26-22+;. The molecule has 166 valence electrons. The van der Waals surface area contributed by atoms with Gasteiger partial charge >= 0.3 is 0 Å². The summed E-state index contributed by atoms with van der Waals surface area (Å²) in [5.41, 5.74) is 12.9. The van der Waals surface area contributed by atoms with E-state index in [-0.39, 0.29) is 5.92 Å². The largest absolute Gasteiger partial charge is 0.0958 e. The van der Waals surface area contributed by atoms with Crippen molar-refractivity contribution in [1.29, 1.82) is 0 Å². The molecule has 0 saturated carbocycles. The lowest BCUT2D eigenvalue weighted by molar-refractivity contribution is 0.877. The molecule has 1 aromatic rings. The lowest BCUT2D eigenvalue weighted by Crippen LogP contribution is -2.14. The van der Waals surface area contributed by atoms with Crippen LogP contribution in [0.5, 0.6) is 0 Å². The highest BCUT2D eigenvalue weighted by Crippen LogP contribution is 2.43. The molecule has 0 heterocycles. The second-order valence-corrected chi connectivity index (χ2v) is 8.68. The Balaban J connectivity index is 0.00000263. The Morgan fingerprint density at radius 1 is 0.900 bits per heavy atom. The van der Waals surface area contributed by atoms with Crippen molar-refractivity contribution in [2.75, 3.05) is 0 Å². The summed E-state index contributed by atoms with van der Waals surface area (Å²) in [5, 5.41) is 0. The topological polar surface area (TPSA) is 0 Å². The number of rotatable bonds is 7. The lowest BCUT2D eigenvalue weighted by atomic mass is 9.73. The second-order valence-electron chi connectivity index (χ2n) is 8.68. The zero-order chi connectivity index (χ0) is 23.6. The molecule has 1 atom stereocenters. The third-order valence-corrected chi connectivity index (χ3v) is 5.45. The summed E-state index contributed by atoms with van der Waals surface area (Å²) >= 11 is 0. The van der Waals surface area contributed by atoms with E-state index in [9.17, 15) is 0 Å². The van der Waals surface area contributed by atoms with E-state index in [0.29, 0.717) is 0 Å². The molecule has 30 heavy (non-hydrogen) atoms. The molecule has 0 aromatic heterocycles. The minimum Gasteiger partial charge on any atom is -0.0958 e. The molecule has 0 aliphatic heterocycles. The first-order valence-corrected chi connectivity index (χ1v) is 11.4. The average molecular weight is 407 g/mol. The maximum absolute atomic E-state index is 4.38. The highest BCUT2D eigenvalue weighted by molar-refractivity contribution is 5.58. The molecule has 0 amide bonds. The highest BCUT2D eigenvalue weighted by atomic mass is 14.3. The van der Waals surface area contributed by atoms with Crippen LogP contribution in [0.4, 0.5) is 0 Å². The molecule has 0 bridgehead atoms. The van der Waals surface area contributed by atoms with E-state index in [0.717, 1.165) is 17.6 Å². The molecule has 0 N–H and O–H groups in total. The fourth-order valence-corrected chi connectivity index (χ4v) is 3.95. The van der Waals surface area contributed by atoms with Crippen LogP contribution in [0.2, 0.25) is 0 Å². The smallest absolute Gasteiger partial charge is 0.0349 e. The van der Waals surface area contributed by atoms with Gasteiger partial charge in [0, 0.05) is 5.92 Å². The van der Waals surface area contributed by atoms with Crippen molar-refractivity contribution in [3.8, 4) is 0 Å². The Morgan fingerprint density at radius 3 is 1.77 bits per heavy atom. The number of hydrogen-bond donors (Lipinski definition) is 0. The molecule has 0 nitrogen and oxygen atoms in total. The Hall–Kier alpha value is -2.08. The van der Waals surface area contributed by atoms with Gasteiger partial charge in [-0.25, -0.2) is 0 Å². The van der Waals surface area contributed by atoms with E-state index >= 15 is 0 Å². The van der Waals surface area contributed by atoms with Crippen molar-refractivity contribution in [1.82, 2.24) is 0 Å². The van der Waals surface area contributed by atoms with Crippen molar-refractivity contribution < 1.29 is 0 Å². The van der Waals surface area contributed by atoms with E-state index in [4.69, 9.17) is 0 Å². The molecule has 0 aliphatic carbocycles. The van der Waals surface area contributed by atoms with E-state index in [1.165, 1.54) is 51.0 Å². The van der Waals surface area contributed by atoms with Gasteiger partial charge in [-0.15, -0.1) is 0 Å². The summed E-state index contributed by atoms with van der Waals surface area (Å²) in [6, 6.07) is 6.87. The van der Waals surface area contributed by atoms with Gasteiger partial charge in [0.2, 0.25) is 0 Å². The van der Waals surface area contributed by atoms with E-state index in [2.05, 4.69) is 114 Å². The van der Waals surface area contributed by atoms with Crippen molar-refractivity contribution in [2.45, 2.75) is 94.9 Å². The van der Waals surface area contributed by atoms with Crippen molar-refractivity contribution in [3.05, 3.63) is 93.1 Å². The van der Waals surface area contributed by atoms with Crippen molar-refractivity contribution in [2.24, 2.45) is 0 Å². The second kappa shape index (κ2) is 13.3. The van der Waals surface area contributed by atoms with Crippen LogP contribution in [-0.4, -0.2) is 0 Å². The lowest BCUT2D eigenvalue weighted by Gasteiger charge is -2.30. The van der Waals surface area contributed by atoms with Gasteiger partial charge in [-0.05, 0) is 89.7 Å². The summed E-state index contributed by atoms with van der Waals surface area (Å²) in [6.45, 7) is 32.6. The number of hydrogen-bond acceptors (Lipinski definition) is 0. The summed E-state index contributed by atoms with van der Waals surface area (Å²) < 4.78 is 0. The minimum absolute atomic E-state index is 0.162. The van der Waals surface area contributed by atoms with E-state index in [1.54, 1.807) is 0 Å². The number of benzene rings is 1. The quantitative estimate of drug-likeness (QED) is 0.395. The monoisotopic (exact) mass is 406 g/mol. The van der Waals surface area contributed by atoms with Crippen LogP contribution >= 0.6 is 0 Å². The Labute approximate surface area is 188 Å². The van der Waals surface area contributed by atoms with Gasteiger partial charge < -0.3 is 0 Å². The first-order valence-electron chi connectivity index (χ1n) is 11.4. The molecule has 1 rings (SSSR count). The maximum Gasteiger partial charge on any atom is 0.0349 e. The molecule has 0 aliphatic rings. The fraction of sp³-hybridized carbons (Fsp3) is 0.467. The Bertz CT molecular complexity index is 833. The van der Waals surface area contributed by atoms with E-state index in [1.807, 2.05) is 0 Å². The SMILES string of the molecule is C=C(C)C(=C(C)C)C(/C(C(=C)C)=C(C)/C(C)=C\C)c1ccc(C)cc1CC.CCC. The third-order valence-electron chi connectivity index (χ3n) is 5.45. The van der Waals surface area contributed by atoms with Crippen LogP contribution < -0.4 is 0 Å². The zero-order valence-corrected chi connectivity index (χ0v) is 21.7. The molecule has 0 spiro atoms. The van der Waals surface area contributed by atoms with Crippen molar-refractivity contribution >= 4 is 0 Å². The average Bonchev–Trinajstić information content (AvgIpc) is 2.66. The van der Waals surface area contributed by atoms with Crippen LogP contribution in [0.3, 0.4) is 0 Å². The van der Waals surface area contributed by atoms with E-state index < -0.39 is 0 Å². The van der Waals surface area contributed by atoms with Gasteiger partial charge in [-0.3, -0.25) is 0 Å². The molecule has 0 heteroatoms. The van der Waals surface area contributed by atoms with Crippen LogP contribution in [0.25, 0.3) is 0 Å². The normalized spacial score (nSPS) is 13.0. The fourth-order valence-electron chi connectivity index (χ4n) is 3.95. The summed E-state index contributed by atoms with van der Waals surface area (Å²) in [7, 11) is 0. The van der Waals surface area contributed by atoms with Gasteiger partial charge in [0.05, 0.1) is 0 Å². The first kappa shape index (κ1) is 27.9. The van der Waals surface area contributed by atoms with Gasteiger partial charge in [-0.1, -0.05) is 92.5 Å². The number of allylic oxidation sites excluding steroid dienone is 8. The first-order chi connectivity index (χ1) is 14.0. The molecule has 1 aromatic carbocycles. The predicted molar refractivity (Wildman–Crippen MR) is 139 cm³/mol. The molecule has 0 fully saturated rings. The van der Waals surface area contributed by atoms with Gasteiger partial charge in [0.25, 0.3) is 0 Å². The zero-order valence-electron chi connectivity index (χ0n) is 21.7. The highest BCUT2D eigenvalue weighted by Gasteiger charge is 2.27. The molecular formula is C30H46. The van der Waals surface area contributed by atoms with Gasteiger partial charge in [0.1, 0.15) is 0 Å². The van der Waals surface area contributed by atoms with Crippen LogP contribution in [0.1, 0.15) is 98.3 Å². The minimum atomic E-state index is 0.162. The maximum atomic E-state index is 4.38. The summed E-state index contributed by atoms with van der Waals surface area (Å²) in [6.07, 6.45) is 4.46. The van der Waals surface area contributed by atoms with Crippen molar-refractivity contribution in [3.63, 3.8) is 0 Å². The number of aryl methyl sites for hydroxylation is 2. The Morgan fingerprint density at radius 2 is 1.40 bits per heavy atom. The van der Waals surface area contributed by atoms with Crippen LogP contribution in [0.15, 0.2) is 76.4 Å². The summed E-state index contributed by atoms with van der Waals surface area (Å²) in [5.74, 6) is 0.162. The predicted octanol–water partition coefficient (Wildman–Crippen LogP) is 9.83. The summed E-state index contributed by atoms with van der Waals surface area (Å²) in [4.78, 5) is 0. The van der Waals surface area contributed by atoms with Gasteiger partial charge in [-0.2, -0.15) is 0 Å². The van der Waals surface area contributed by atoms with Crippen LogP contribution in [-0.2, 0) is 6.42 Å². The third kappa shape index (κ3) is 7.31. The molecule has 1 unspecified atom stereocenters.